The Morgan fingerprint density at radius 1 is 0.895 bits per heavy atom. The summed E-state index contributed by atoms with van der Waals surface area (Å²) in [7, 11) is 2.41. The van der Waals surface area contributed by atoms with Crippen molar-refractivity contribution in [3.05, 3.63) is 0 Å². The molecule has 0 aliphatic rings. The molecule has 0 rings (SSSR count). The summed E-state index contributed by atoms with van der Waals surface area (Å²) < 4.78 is 7.60. The van der Waals surface area contributed by atoms with Crippen molar-refractivity contribution in [2.45, 2.75) is 35.4 Å². The van der Waals surface area contributed by atoms with Gasteiger partial charge in [-0.15, -0.1) is 11.6 Å². The number of alkyl halides is 4. The highest BCUT2D eigenvalue weighted by molar-refractivity contribution is 6.67. The quantitative estimate of drug-likeness (QED) is 0.560. The van der Waals surface area contributed by atoms with Crippen LogP contribution < -0.4 is 0 Å². The summed E-state index contributed by atoms with van der Waals surface area (Å²) in [5.41, 5.74) is -1.23. The molecule has 0 heterocycles. The molecule has 112 valence electrons. The minimum absolute atomic E-state index is 0.0885. The van der Waals surface area contributed by atoms with Gasteiger partial charge in [0.2, 0.25) is 0 Å². The minimum atomic E-state index is -1.67. The van der Waals surface area contributed by atoms with Crippen LogP contribution in [-0.4, -0.2) is 34.8 Å². The van der Waals surface area contributed by atoms with Crippen LogP contribution in [0.4, 0.5) is 0 Å². The maximum atomic E-state index is 11.9. The molecule has 0 saturated carbocycles. The highest BCUT2D eigenvalue weighted by Gasteiger charge is 2.48. The fourth-order valence-corrected chi connectivity index (χ4v) is 3.17. The van der Waals surface area contributed by atoms with Gasteiger partial charge in [0, 0.05) is 6.42 Å². The van der Waals surface area contributed by atoms with Crippen molar-refractivity contribution in [3.63, 3.8) is 0 Å². The van der Waals surface area contributed by atoms with E-state index in [1.54, 1.807) is 0 Å². The first-order valence-electron chi connectivity index (χ1n) is 5.30. The van der Waals surface area contributed by atoms with Crippen molar-refractivity contribution in [2.75, 3.05) is 14.2 Å². The Bertz CT molecular complexity index is 351. The van der Waals surface area contributed by atoms with E-state index in [2.05, 4.69) is 4.74 Å². The second-order valence-corrected chi connectivity index (χ2v) is 8.06. The van der Waals surface area contributed by atoms with E-state index in [1.165, 1.54) is 28.1 Å². The number of halogens is 4. The van der Waals surface area contributed by atoms with Gasteiger partial charge in [-0.25, -0.2) is 0 Å². The molecule has 0 bridgehead atoms. The van der Waals surface area contributed by atoms with E-state index in [-0.39, 0.29) is 12.8 Å². The number of esters is 2. The predicted octanol–water partition coefficient (Wildman–Crippen LogP) is 3.49. The standard InChI is InChI=1S/C11H16Cl4O4/c1-9(7(16)18-3,6-11(13,14)15)5-10(2,12)8(17)19-4/h5-6H2,1-4H3. The summed E-state index contributed by atoms with van der Waals surface area (Å²) in [6.45, 7) is 2.95. The van der Waals surface area contributed by atoms with Crippen molar-refractivity contribution in [2.24, 2.45) is 5.41 Å². The van der Waals surface area contributed by atoms with Crippen LogP contribution in [0.25, 0.3) is 0 Å². The van der Waals surface area contributed by atoms with Gasteiger partial charge in [-0.3, -0.25) is 9.59 Å². The Balaban J connectivity index is 5.29. The average Bonchev–Trinajstić information content (AvgIpc) is 2.23. The Kier molecular flexibility index (Phi) is 6.74. The number of hydrogen-bond acceptors (Lipinski definition) is 4. The van der Waals surface area contributed by atoms with E-state index in [4.69, 9.17) is 51.1 Å². The third-order valence-corrected chi connectivity index (χ3v) is 3.29. The van der Waals surface area contributed by atoms with Crippen LogP contribution in [0.3, 0.4) is 0 Å². The molecule has 0 saturated heterocycles. The summed E-state index contributed by atoms with van der Waals surface area (Å²) in [5, 5.41) is 0. The SMILES string of the molecule is COC(=O)C(C)(Cl)CC(C)(CC(Cl)(Cl)Cl)C(=O)OC. The smallest absolute Gasteiger partial charge is 0.326 e. The minimum Gasteiger partial charge on any atom is -0.469 e. The Hall–Kier alpha value is 0.1000. The highest BCUT2D eigenvalue weighted by Crippen LogP contribution is 2.45. The maximum absolute atomic E-state index is 11.9. The van der Waals surface area contributed by atoms with Crippen molar-refractivity contribution in [1.29, 1.82) is 0 Å². The zero-order valence-corrected chi connectivity index (χ0v) is 14.1. The predicted molar refractivity (Wildman–Crippen MR) is 75.9 cm³/mol. The molecule has 0 fully saturated rings. The second kappa shape index (κ2) is 6.70. The summed E-state index contributed by atoms with van der Waals surface area (Å²) >= 11 is 23.3. The molecule has 2 atom stereocenters. The molecule has 0 amide bonds. The van der Waals surface area contributed by atoms with Crippen LogP contribution in [0.1, 0.15) is 26.7 Å². The zero-order chi connectivity index (χ0) is 15.5. The van der Waals surface area contributed by atoms with Gasteiger partial charge in [0.15, 0.2) is 3.79 Å². The molecule has 8 heteroatoms. The molecular formula is C11H16Cl4O4. The van der Waals surface area contributed by atoms with Crippen molar-refractivity contribution in [3.8, 4) is 0 Å². The molecule has 0 radical (unpaired) electrons. The third-order valence-electron chi connectivity index (χ3n) is 2.60. The van der Waals surface area contributed by atoms with E-state index in [1.807, 2.05) is 0 Å². The van der Waals surface area contributed by atoms with Crippen LogP contribution in [-0.2, 0) is 19.1 Å². The Labute approximate surface area is 132 Å². The van der Waals surface area contributed by atoms with Crippen LogP contribution in [0.2, 0.25) is 0 Å². The molecule has 0 N–H and O–H groups in total. The molecule has 0 spiro atoms. The van der Waals surface area contributed by atoms with Gasteiger partial charge in [-0.05, 0) is 20.3 Å². The highest BCUT2D eigenvalue weighted by atomic mass is 35.6. The first-order valence-corrected chi connectivity index (χ1v) is 6.81. The van der Waals surface area contributed by atoms with E-state index >= 15 is 0 Å². The van der Waals surface area contributed by atoms with Gasteiger partial charge >= 0.3 is 11.9 Å². The van der Waals surface area contributed by atoms with Crippen molar-refractivity contribution in [1.82, 2.24) is 0 Å². The number of ether oxygens (including phenoxy) is 2. The van der Waals surface area contributed by atoms with Crippen molar-refractivity contribution >= 4 is 58.3 Å². The van der Waals surface area contributed by atoms with Gasteiger partial charge in [0.25, 0.3) is 0 Å². The van der Waals surface area contributed by atoms with Gasteiger partial charge < -0.3 is 9.47 Å². The fourth-order valence-electron chi connectivity index (χ4n) is 1.91. The number of hydrogen-bond donors (Lipinski definition) is 0. The molecule has 0 aliphatic heterocycles. The molecule has 0 aromatic carbocycles. The van der Waals surface area contributed by atoms with Crippen LogP contribution in [0, 0.1) is 5.41 Å². The fraction of sp³-hybridized carbons (Fsp3) is 0.818. The van der Waals surface area contributed by atoms with E-state index in [0.29, 0.717) is 0 Å². The molecule has 4 nitrogen and oxygen atoms in total. The summed E-state index contributed by atoms with van der Waals surface area (Å²) in [5.74, 6) is -1.29. The van der Waals surface area contributed by atoms with Gasteiger partial charge in [-0.2, -0.15) is 0 Å². The normalized spacial score (nSPS) is 18.1. The van der Waals surface area contributed by atoms with Gasteiger partial charge in [-0.1, -0.05) is 34.8 Å². The molecule has 0 aliphatic carbocycles. The zero-order valence-electron chi connectivity index (χ0n) is 11.1. The van der Waals surface area contributed by atoms with Gasteiger partial charge in [0.1, 0.15) is 4.87 Å². The monoisotopic (exact) mass is 352 g/mol. The molecule has 0 aromatic heterocycles. The maximum Gasteiger partial charge on any atom is 0.326 e. The Morgan fingerprint density at radius 2 is 1.32 bits per heavy atom. The summed E-state index contributed by atoms with van der Waals surface area (Å²) in [4.78, 5) is 22.1. The van der Waals surface area contributed by atoms with Crippen LogP contribution in [0.5, 0.6) is 0 Å². The lowest BCUT2D eigenvalue weighted by atomic mass is 9.78. The summed E-state index contributed by atoms with van der Waals surface area (Å²) in [6.07, 6.45) is -0.231. The summed E-state index contributed by atoms with van der Waals surface area (Å²) in [6, 6.07) is 0. The van der Waals surface area contributed by atoms with Crippen LogP contribution >= 0.6 is 46.4 Å². The first kappa shape index (κ1) is 19.1. The molecule has 0 aromatic rings. The van der Waals surface area contributed by atoms with Crippen molar-refractivity contribution < 1.29 is 19.1 Å². The molecular weight excluding hydrogens is 338 g/mol. The third kappa shape index (κ3) is 5.94. The lowest BCUT2D eigenvalue weighted by Gasteiger charge is -2.34. The molecule has 2 unspecified atom stereocenters. The number of carbonyl (C=O) groups is 2. The van der Waals surface area contributed by atoms with Gasteiger partial charge in [0.05, 0.1) is 19.6 Å². The average molecular weight is 354 g/mol. The largest absolute Gasteiger partial charge is 0.469 e. The molecule has 19 heavy (non-hydrogen) atoms. The van der Waals surface area contributed by atoms with E-state index < -0.39 is 26.0 Å². The van der Waals surface area contributed by atoms with Crippen LogP contribution in [0.15, 0.2) is 0 Å². The number of methoxy groups -OCH3 is 2. The Morgan fingerprint density at radius 3 is 1.63 bits per heavy atom. The number of rotatable bonds is 5. The van der Waals surface area contributed by atoms with E-state index in [0.717, 1.165) is 0 Å². The number of carbonyl (C=O) groups excluding carboxylic acids is 2. The topological polar surface area (TPSA) is 52.6 Å². The lowest BCUT2D eigenvalue weighted by molar-refractivity contribution is -0.154. The lowest BCUT2D eigenvalue weighted by Crippen LogP contribution is -2.42. The first-order chi connectivity index (χ1) is 8.38. The second-order valence-electron chi connectivity index (χ2n) is 4.71. The van der Waals surface area contributed by atoms with E-state index in [9.17, 15) is 9.59 Å².